The minimum Gasteiger partial charge on any atom is -0.484 e. The van der Waals surface area contributed by atoms with Crippen LogP contribution in [-0.2, 0) is 11.8 Å². The first-order valence-electron chi connectivity index (χ1n) is 6.01. The summed E-state index contributed by atoms with van der Waals surface area (Å²) in [5, 5.41) is 3.84. The van der Waals surface area contributed by atoms with Crippen LogP contribution in [0.4, 0.5) is 4.39 Å². The molecule has 1 aromatic carbocycles. The van der Waals surface area contributed by atoms with Crippen molar-refractivity contribution in [2.75, 3.05) is 6.61 Å². The third-order valence-corrected chi connectivity index (χ3v) is 2.47. The average molecular weight is 292 g/mol. The molecule has 0 aliphatic carbocycles. The van der Waals surface area contributed by atoms with Gasteiger partial charge in [0.2, 0.25) is 0 Å². The number of ether oxygens (including phenoxy) is 1. The van der Waals surface area contributed by atoms with Crippen LogP contribution in [0.3, 0.4) is 0 Å². The minimum absolute atomic E-state index is 0.307. The molecule has 2 N–H and O–H groups in total. The lowest BCUT2D eigenvalue weighted by atomic mass is 10.3. The first-order chi connectivity index (χ1) is 10.0. The van der Waals surface area contributed by atoms with E-state index < -0.39 is 17.6 Å². The van der Waals surface area contributed by atoms with Gasteiger partial charge in [0.25, 0.3) is 11.8 Å². The van der Waals surface area contributed by atoms with E-state index in [1.165, 1.54) is 41.3 Å². The van der Waals surface area contributed by atoms with E-state index in [1.54, 1.807) is 7.05 Å². The van der Waals surface area contributed by atoms with Crippen LogP contribution in [0, 0.1) is 5.82 Å². The Kier molecular flexibility index (Phi) is 4.50. The molecule has 1 heterocycles. The van der Waals surface area contributed by atoms with Gasteiger partial charge < -0.3 is 4.74 Å². The standard InChI is InChI=1S/C13H13FN4O3/c1-18-7-9(6-15-18)13(20)17-16-12(19)8-21-11-4-2-10(14)3-5-11/h2-7H,8H2,1H3,(H,16,19)(H,17,20). The normalized spacial score (nSPS) is 10.0. The van der Waals surface area contributed by atoms with E-state index in [1.807, 2.05) is 0 Å². The summed E-state index contributed by atoms with van der Waals surface area (Å²) in [4.78, 5) is 23.1. The number of rotatable bonds is 4. The van der Waals surface area contributed by atoms with Gasteiger partial charge in [0.1, 0.15) is 11.6 Å². The molecule has 0 atom stereocenters. The number of benzene rings is 1. The molecule has 0 saturated carbocycles. The Balaban J connectivity index is 1.74. The molecule has 0 bridgehead atoms. The van der Waals surface area contributed by atoms with Crippen LogP contribution in [-0.4, -0.2) is 28.2 Å². The molecule has 2 rings (SSSR count). The molecule has 0 radical (unpaired) electrons. The number of nitrogens with one attached hydrogen (secondary N) is 2. The number of nitrogens with zero attached hydrogens (tertiary/aromatic N) is 2. The molecule has 0 fully saturated rings. The van der Waals surface area contributed by atoms with Gasteiger partial charge in [-0.25, -0.2) is 4.39 Å². The number of aromatic nitrogens is 2. The zero-order valence-electron chi connectivity index (χ0n) is 11.2. The molecule has 0 saturated heterocycles. The third-order valence-electron chi connectivity index (χ3n) is 2.47. The maximum absolute atomic E-state index is 12.7. The molecule has 110 valence electrons. The van der Waals surface area contributed by atoms with Gasteiger partial charge in [-0.05, 0) is 24.3 Å². The van der Waals surface area contributed by atoms with E-state index >= 15 is 0 Å². The van der Waals surface area contributed by atoms with Gasteiger partial charge in [-0.15, -0.1) is 0 Å². The quantitative estimate of drug-likeness (QED) is 0.799. The first kappa shape index (κ1) is 14.5. The number of carbonyl (C=O) groups is 2. The average Bonchev–Trinajstić information content (AvgIpc) is 2.91. The molecular weight excluding hydrogens is 279 g/mol. The summed E-state index contributed by atoms with van der Waals surface area (Å²) in [6.45, 7) is -0.307. The van der Waals surface area contributed by atoms with Crippen LogP contribution in [0.2, 0.25) is 0 Å². The monoisotopic (exact) mass is 292 g/mol. The number of amides is 2. The van der Waals surface area contributed by atoms with Crippen molar-refractivity contribution in [1.82, 2.24) is 20.6 Å². The van der Waals surface area contributed by atoms with Crippen molar-refractivity contribution < 1.29 is 18.7 Å². The zero-order chi connectivity index (χ0) is 15.2. The maximum Gasteiger partial charge on any atom is 0.276 e. The Morgan fingerprint density at radius 2 is 2.00 bits per heavy atom. The van der Waals surface area contributed by atoms with E-state index in [0.717, 1.165) is 0 Å². The zero-order valence-corrected chi connectivity index (χ0v) is 11.2. The van der Waals surface area contributed by atoms with Gasteiger partial charge >= 0.3 is 0 Å². The predicted octanol–water partition coefficient (Wildman–Crippen LogP) is 0.399. The predicted molar refractivity (Wildman–Crippen MR) is 70.7 cm³/mol. The summed E-state index contributed by atoms with van der Waals surface area (Å²) in [6, 6.07) is 5.24. The fourth-order valence-corrected chi connectivity index (χ4v) is 1.45. The lowest BCUT2D eigenvalue weighted by molar-refractivity contribution is -0.123. The van der Waals surface area contributed by atoms with Crippen LogP contribution >= 0.6 is 0 Å². The molecule has 0 spiro atoms. The molecule has 2 aromatic rings. The van der Waals surface area contributed by atoms with Crippen molar-refractivity contribution in [3.8, 4) is 5.75 Å². The Morgan fingerprint density at radius 3 is 2.62 bits per heavy atom. The second kappa shape index (κ2) is 6.51. The fraction of sp³-hybridized carbons (Fsp3) is 0.154. The molecule has 2 amide bonds. The summed E-state index contributed by atoms with van der Waals surface area (Å²) in [6.07, 6.45) is 2.88. The Morgan fingerprint density at radius 1 is 1.29 bits per heavy atom. The second-order valence-electron chi connectivity index (χ2n) is 4.15. The van der Waals surface area contributed by atoms with Crippen LogP contribution in [0.5, 0.6) is 5.75 Å². The highest BCUT2D eigenvalue weighted by Crippen LogP contribution is 2.10. The van der Waals surface area contributed by atoms with Crippen molar-refractivity contribution in [2.24, 2.45) is 7.05 Å². The van der Waals surface area contributed by atoms with Crippen molar-refractivity contribution in [1.29, 1.82) is 0 Å². The number of hydrogen-bond acceptors (Lipinski definition) is 4. The smallest absolute Gasteiger partial charge is 0.276 e. The molecular formula is C13H13FN4O3. The highest BCUT2D eigenvalue weighted by atomic mass is 19.1. The third kappa shape index (κ3) is 4.30. The highest BCUT2D eigenvalue weighted by Gasteiger charge is 2.09. The Labute approximate surface area is 119 Å². The lowest BCUT2D eigenvalue weighted by Crippen LogP contribution is -2.43. The van der Waals surface area contributed by atoms with Crippen LogP contribution in [0.1, 0.15) is 10.4 Å². The molecule has 1 aromatic heterocycles. The van der Waals surface area contributed by atoms with Crippen molar-refractivity contribution in [3.05, 3.63) is 48.0 Å². The van der Waals surface area contributed by atoms with Gasteiger partial charge in [0.15, 0.2) is 6.61 Å². The Hall–Kier alpha value is -2.90. The van der Waals surface area contributed by atoms with Crippen LogP contribution < -0.4 is 15.6 Å². The maximum atomic E-state index is 12.7. The number of hydrazine groups is 1. The number of carbonyl (C=O) groups excluding carboxylic acids is 2. The first-order valence-corrected chi connectivity index (χ1v) is 6.01. The summed E-state index contributed by atoms with van der Waals surface area (Å²) in [5.41, 5.74) is 4.74. The van der Waals surface area contributed by atoms with Gasteiger partial charge in [0.05, 0.1) is 11.8 Å². The SMILES string of the molecule is Cn1cc(C(=O)NNC(=O)COc2ccc(F)cc2)cn1. The fourth-order valence-electron chi connectivity index (χ4n) is 1.45. The molecule has 0 unspecified atom stereocenters. The van der Waals surface area contributed by atoms with Gasteiger partial charge in [-0.1, -0.05) is 0 Å². The second-order valence-corrected chi connectivity index (χ2v) is 4.15. The van der Waals surface area contributed by atoms with Gasteiger partial charge in [0, 0.05) is 13.2 Å². The number of aryl methyl sites for hydroxylation is 1. The molecule has 7 nitrogen and oxygen atoms in total. The topological polar surface area (TPSA) is 85.2 Å². The summed E-state index contributed by atoms with van der Waals surface area (Å²) in [7, 11) is 1.67. The van der Waals surface area contributed by atoms with Crippen molar-refractivity contribution in [3.63, 3.8) is 0 Å². The van der Waals surface area contributed by atoms with Crippen molar-refractivity contribution in [2.45, 2.75) is 0 Å². The molecule has 21 heavy (non-hydrogen) atoms. The highest BCUT2D eigenvalue weighted by molar-refractivity contribution is 5.95. The van der Waals surface area contributed by atoms with E-state index in [4.69, 9.17) is 4.74 Å². The summed E-state index contributed by atoms with van der Waals surface area (Å²) in [5.74, 6) is -1.07. The summed E-state index contributed by atoms with van der Waals surface area (Å²) < 4.78 is 19.3. The van der Waals surface area contributed by atoms with E-state index in [9.17, 15) is 14.0 Å². The van der Waals surface area contributed by atoms with Crippen LogP contribution in [0.15, 0.2) is 36.7 Å². The summed E-state index contributed by atoms with van der Waals surface area (Å²) >= 11 is 0. The van der Waals surface area contributed by atoms with E-state index in [0.29, 0.717) is 11.3 Å². The lowest BCUT2D eigenvalue weighted by Gasteiger charge is -2.08. The van der Waals surface area contributed by atoms with E-state index in [2.05, 4.69) is 16.0 Å². The van der Waals surface area contributed by atoms with Gasteiger partial charge in [-0.3, -0.25) is 25.1 Å². The molecule has 0 aliphatic heterocycles. The molecule has 0 aliphatic rings. The van der Waals surface area contributed by atoms with Gasteiger partial charge in [-0.2, -0.15) is 5.10 Å². The number of halogens is 1. The molecule has 8 heteroatoms. The van der Waals surface area contributed by atoms with Crippen LogP contribution in [0.25, 0.3) is 0 Å². The Bertz CT molecular complexity index is 639. The largest absolute Gasteiger partial charge is 0.484 e. The minimum atomic E-state index is -0.545. The van der Waals surface area contributed by atoms with Crippen molar-refractivity contribution >= 4 is 11.8 Å². The van der Waals surface area contributed by atoms with E-state index in [-0.39, 0.29) is 6.61 Å². The number of hydrogen-bond donors (Lipinski definition) is 2.